The summed E-state index contributed by atoms with van der Waals surface area (Å²) in [6, 6.07) is 5.41. The minimum atomic E-state index is 0.330. The third-order valence-corrected chi connectivity index (χ3v) is 2.25. The van der Waals surface area contributed by atoms with Crippen molar-refractivity contribution < 1.29 is 5.11 Å². The minimum absolute atomic E-state index is 0.330. The zero-order valence-corrected chi connectivity index (χ0v) is 9.17. The predicted molar refractivity (Wildman–Crippen MR) is 60.8 cm³/mol. The van der Waals surface area contributed by atoms with Gasteiger partial charge in [0.1, 0.15) is 5.75 Å². The van der Waals surface area contributed by atoms with Gasteiger partial charge in [0.05, 0.1) is 0 Å². The molecule has 0 saturated heterocycles. The molecule has 2 N–H and O–H groups in total. The topological polar surface area (TPSA) is 32.3 Å². The summed E-state index contributed by atoms with van der Waals surface area (Å²) in [4.78, 5) is 0. The molecule has 0 aliphatic heterocycles. The SMILES string of the molecule is Cc1cc(O)ccc1NCCC(C)C. The molecule has 0 fully saturated rings. The van der Waals surface area contributed by atoms with Crippen LogP contribution in [0.15, 0.2) is 18.2 Å². The van der Waals surface area contributed by atoms with Crippen molar-refractivity contribution in [3.63, 3.8) is 0 Å². The molecular formula is C12H19NO. The fraction of sp³-hybridized carbons (Fsp3) is 0.500. The molecule has 0 amide bonds. The first-order valence-corrected chi connectivity index (χ1v) is 5.13. The average molecular weight is 193 g/mol. The van der Waals surface area contributed by atoms with Crippen LogP contribution in [0.5, 0.6) is 5.75 Å². The summed E-state index contributed by atoms with van der Waals surface area (Å²) in [6.45, 7) is 7.41. The summed E-state index contributed by atoms with van der Waals surface area (Å²) >= 11 is 0. The minimum Gasteiger partial charge on any atom is -0.508 e. The van der Waals surface area contributed by atoms with Crippen LogP contribution in [0.2, 0.25) is 0 Å². The van der Waals surface area contributed by atoms with Gasteiger partial charge < -0.3 is 10.4 Å². The lowest BCUT2D eigenvalue weighted by molar-refractivity contribution is 0.475. The Labute approximate surface area is 86.0 Å². The number of phenolic OH excluding ortho intramolecular Hbond substituents is 1. The van der Waals surface area contributed by atoms with Crippen LogP contribution in [0, 0.1) is 12.8 Å². The number of phenols is 1. The predicted octanol–water partition coefficient (Wildman–Crippen LogP) is 3.16. The molecule has 2 nitrogen and oxygen atoms in total. The van der Waals surface area contributed by atoms with Gasteiger partial charge in [-0.1, -0.05) is 13.8 Å². The zero-order chi connectivity index (χ0) is 10.6. The first-order valence-electron chi connectivity index (χ1n) is 5.13. The summed E-state index contributed by atoms with van der Waals surface area (Å²) in [6.07, 6.45) is 1.17. The molecular weight excluding hydrogens is 174 g/mol. The van der Waals surface area contributed by atoms with Crippen molar-refractivity contribution in [1.82, 2.24) is 0 Å². The number of hydrogen-bond donors (Lipinski definition) is 2. The van der Waals surface area contributed by atoms with Gasteiger partial charge in [0.2, 0.25) is 0 Å². The van der Waals surface area contributed by atoms with Crippen LogP contribution >= 0.6 is 0 Å². The van der Waals surface area contributed by atoms with E-state index in [4.69, 9.17) is 0 Å². The molecule has 0 bridgehead atoms. The molecule has 0 unspecified atom stereocenters. The second-order valence-corrected chi connectivity index (χ2v) is 4.11. The first-order chi connectivity index (χ1) is 6.59. The number of rotatable bonds is 4. The van der Waals surface area contributed by atoms with Crippen LogP contribution in [0.3, 0.4) is 0 Å². The van der Waals surface area contributed by atoms with Gasteiger partial charge >= 0.3 is 0 Å². The van der Waals surface area contributed by atoms with Crippen molar-refractivity contribution in [3.8, 4) is 5.75 Å². The molecule has 0 saturated carbocycles. The first kappa shape index (κ1) is 10.9. The standard InChI is InChI=1S/C12H19NO/c1-9(2)6-7-13-12-5-4-11(14)8-10(12)3/h4-5,8-9,13-14H,6-7H2,1-3H3. The van der Waals surface area contributed by atoms with E-state index in [1.165, 1.54) is 6.42 Å². The van der Waals surface area contributed by atoms with Crippen molar-refractivity contribution in [3.05, 3.63) is 23.8 Å². The Morgan fingerprint density at radius 3 is 2.64 bits per heavy atom. The average Bonchev–Trinajstić information content (AvgIpc) is 2.08. The van der Waals surface area contributed by atoms with E-state index in [0.29, 0.717) is 5.75 Å². The summed E-state index contributed by atoms with van der Waals surface area (Å²) in [5.41, 5.74) is 2.21. The van der Waals surface area contributed by atoms with E-state index in [-0.39, 0.29) is 0 Å². The highest BCUT2D eigenvalue weighted by Crippen LogP contribution is 2.20. The maximum Gasteiger partial charge on any atom is 0.115 e. The van der Waals surface area contributed by atoms with Gasteiger partial charge in [-0.2, -0.15) is 0 Å². The van der Waals surface area contributed by atoms with Gasteiger partial charge in [0.15, 0.2) is 0 Å². The van der Waals surface area contributed by atoms with Crippen LogP contribution < -0.4 is 5.32 Å². The van der Waals surface area contributed by atoms with Crippen LogP contribution in [0.4, 0.5) is 5.69 Å². The van der Waals surface area contributed by atoms with Crippen molar-refractivity contribution in [2.75, 3.05) is 11.9 Å². The van der Waals surface area contributed by atoms with Gasteiger partial charge in [0, 0.05) is 12.2 Å². The molecule has 1 aromatic rings. The van der Waals surface area contributed by atoms with E-state index in [1.807, 2.05) is 13.0 Å². The van der Waals surface area contributed by atoms with Gasteiger partial charge in [-0.05, 0) is 43.0 Å². The number of benzene rings is 1. The highest BCUT2D eigenvalue weighted by atomic mass is 16.3. The van der Waals surface area contributed by atoms with Crippen molar-refractivity contribution in [1.29, 1.82) is 0 Å². The molecule has 0 aromatic heterocycles. The van der Waals surface area contributed by atoms with Gasteiger partial charge in [-0.25, -0.2) is 0 Å². The van der Waals surface area contributed by atoms with Crippen molar-refractivity contribution in [2.24, 2.45) is 5.92 Å². The maximum atomic E-state index is 9.22. The lowest BCUT2D eigenvalue weighted by Gasteiger charge is -2.10. The molecule has 2 heteroatoms. The molecule has 14 heavy (non-hydrogen) atoms. The Kier molecular flexibility index (Phi) is 3.81. The third kappa shape index (κ3) is 3.29. The van der Waals surface area contributed by atoms with Crippen molar-refractivity contribution in [2.45, 2.75) is 27.2 Å². The fourth-order valence-corrected chi connectivity index (χ4v) is 1.34. The highest BCUT2D eigenvalue weighted by molar-refractivity contribution is 5.53. The van der Waals surface area contributed by atoms with Crippen molar-refractivity contribution >= 4 is 5.69 Å². The molecule has 0 aliphatic carbocycles. The van der Waals surface area contributed by atoms with E-state index in [1.54, 1.807) is 12.1 Å². The molecule has 0 atom stereocenters. The molecule has 78 valence electrons. The zero-order valence-electron chi connectivity index (χ0n) is 9.17. The van der Waals surface area contributed by atoms with E-state index < -0.39 is 0 Å². The summed E-state index contributed by atoms with van der Waals surface area (Å²) in [5.74, 6) is 1.05. The largest absolute Gasteiger partial charge is 0.508 e. The smallest absolute Gasteiger partial charge is 0.115 e. The van der Waals surface area contributed by atoms with Crippen LogP contribution in [0.25, 0.3) is 0 Å². The lowest BCUT2D eigenvalue weighted by Crippen LogP contribution is -2.05. The third-order valence-electron chi connectivity index (χ3n) is 2.25. The number of nitrogens with one attached hydrogen (secondary N) is 1. The summed E-state index contributed by atoms with van der Waals surface area (Å²) in [5, 5.41) is 12.6. The monoisotopic (exact) mass is 193 g/mol. The molecule has 1 rings (SSSR count). The number of aromatic hydroxyl groups is 1. The molecule has 0 heterocycles. The summed E-state index contributed by atoms with van der Waals surface area (Å²) < 4.78 is 0. The van der Waals surface area contributed by atoms with Gasteiger partial charge in [0.25, 0.3) is 0 Å². The normalized spacial score (nSPS) is 10.6. The summed E-state index contributed by atoms with van der Waals surface area (Å²) in [7, 11) is 0. The second-order valence-electron chi connectivity index (χ2n) is 4.11. The molecule has 0 radical (unpaired) electrons. The number of aryl methyl sites for hydroxylation is 1. The van der Waals surface area contributed by atoms with E-state index in [0.717, 1.165) is 23.7 Å². The van der Waals surface area contributed by atoms with Crippen LogP contribution in [-0.2, 0) is 0 Å². The molecule has 0 aliphatic rings. The Balaban J connectivity index is 2.51. The Morgan fingerprint density at radius 2 is 2.07 bits per heavy atom. The fourth-order valence-electron chi connectivity index (χ4n) is 1.34. The van der Waals surface area contributed by atoms with E-state index in [2.05, 4.69) is 19.2 Å². The maximum absolute atomic E-state index is 9.22. The Bertz CT molecular complexity index is 294. The Hall–Kier alpha value is -1.18. The Morgan fingerprint density at radius 1 is 1.36 bits per heavy atom. The highest BCUT2D eigenvalue weighted by Gasteiger charge is 1.99. The molecule has 0 spiro atoms. The van der Waals surface area contributed by atoms with Crippen LogP contribution in [-0.4, -0.2) is 11.7 Å². The van der Waals surface area contributed by atoms with Gasteiger partial charge in [-0.3, -0.25) is 0 Å². The number of anilines is 1. The number of hydrogen-bond acceptors (Lipinski definition) is 2. The van der Waals surface area contributed by atoms with E-state index in [9.17, 15) is 5.11 Å². The quantitative estimate of drug-likeness (QED) is 0.720. The molecule has 1 aromatic carbocycles. The van der Waals surface area contributed by atoms with E-state index >= 15 is 0 Å². The lowest BCUT2D eigenvalue weighted by atomic mass is 10.1. The van der Waals surface area contributed by atoms with Gasteiger partial charge in [-0.15, -0.1) is 0 Å². The van der Waals surface area contributed by atoms with Crippen LogP contribution in [0.1, 0.15) is 25.8 Å². The second kappa shape index (κ2) is 4.89.